The second-order valence-corrected chi connectivity index (χ2v) is 13.0. The van der Waals surface area contributed by atoms with E-state index < -0.39 is 5.97 Å². The van der Waals surface area contributed by atoms with E-state index in [9.17, 15) is 30.3 Å². The van der Waals surface area contributed by atoms with Gasteiger partial charge in [0.15, 0.2) is 0 Å². The normalized spacial score (nSPS) is 11.6. The number of aliphatic carboxylic acids is 1. The summed E-state index contributed by atoms with van der Waals surface area (Å²) in [4.78, 5) is 11.3. The van der Waals surface area contributed by atoms with Crippen LogP contribution in [0.3, 0.4) is 0 Å². The minimum Gasteiger partial charge on any atom is -0.872 e. The maximum Gasteiger partial charge on any atom is 0.309 e. The highest BCUT2D eigenvalue weighted by Crippen LogP contribution is 2.45. The van der Waals surface area contributed by atoms with Crippen LogP contribution in [0.5, 0.6) is 23.0 Å². The summed E-state index contributed by atoms with van der Waals surface area (Å²) in [5, 5.41) is 50.4. The van der Waals surface area contributed by atoms with E-state index in [1.54, 1.807) is 48.5 Å². The number of benzene rings is 7. The molecule has 7 heteroatoms. The van der Waals surface area contributed by atoms with E-state index >= 15 is 0 Å². The number of phenols is 3. The van der Waals surface area contributed by atoms with Crippen molar-refractivity contribution in [3.63, 3.8) is 0 Å². The zero-order valence-electron chi connectivity index (χ0n) is 29.5. The molecule has 54 heavy (non-hydrogen) atoms. The molecule has 7 aromatic rings. The molecule has 0 aromatic heterocycles. The maximum absolute atomic E-state index is 11.7. The first-order valence-electron chi connectivity index (χ1n) is 17.6. The van der Waals surface area contributed by atoms with Crippen LogP contribution in [0.2, 0.25) is 0 Å². The molecule has 0 saturated heterocycles. The second-order valence-electron chi connectivity index (χ2n) is 13.0. The summed E-state index contributed by atoms with van der Waals surface area (Å²) in [5.41, 5.74) is 7.03. The van der Waals surface area contributed by atoms with Gasteiger partial charge in [-0.15, -0.1) is 5.75 Å². The van der Waals surface area contributed by atoms with Gasteiger partial charge in [0.25, 0.3) is 0 Å². The Labute approximate surface area is 315 Å². The van der Waals surface area contributed by atoms with Crippen LogP contribution in [-0.4, -0.2) is 32.9 Å². The van der Waals surface area contributed by atoms with Crippen LogP contribution in [0.4, 0.5) is 17.1 Å². The summed E-state index contributed by atoms with van der Waals surface area (Å²) in [6.07, 6.45) is 0.0820. The van der Waals surface area contributed by atoms with E-state index in [1.165, 1.54) is 0 Å². The summed E-state index contributed by atoms with van der Waals surface area (Å²) >= 11 is 0. The molecular weight excluding hydrogens is 675 g/mol. The predicted molar refractivity (Wildman–Crippen MR) is 211 cm³/mol. The number of phenolic OH excluding ortho intramolecular Hbond substituents is 3. The third-order valence-electron chi connectivity index (χ3n) is 9.58. The number of nitrogens with zero attached hydrogens (tertiary/aromatic N) is 1. The lowest BCUT2D eigenvalue weighted by Crippen LogP contribution is -2.40. The van der Waals surface area contributed by atoms with Gasteiger partial charge >= 0.3 is 5.97 Å². The molecule has 0 radical (unpaired) electrons. The van der Waals surface area contributed by atoms with Gasteiger partial charge in [0.05, 0.1) is 6.42 Å². The third kappa shape index (κ3) is 8.61. The zero-order valence-corrected chi connectivity index (χ0v) is 29.5. The quantitative estimate of drug-likeness (QED) is 0.0990. The smallest absolute Gasteiger partial charge is 0.309 e. The maximum atomic E-state index is 11.7. The number of hydrogen-bond donors (Lipinski definition) is 4. The zero-order chi connectivity index (χ0) is 37.9. The molecule has 0 amide bonds. The summed E-state index contributed by atoms with van der Waals surface area (Å²) in [6, 6.07) is 58.2. The lowest BCUT2D eigenvalue weighted by Gasteiger charge is -2.37. The van der Waals surface area contributed by atoms with E-state index in [4.69, 9.17) is 0 Å². The molecule has 1 atom stereocenters. The molecule has 0 bridgehead atoms. The molecule has 4 N–H and O–H groups in total. The number of carbonyl (C=O) groups is 1. The number of hydrogen-bond acceptors (Lipinski definition) is 5. The van der Waals surface area contributed by atoms with Crippen LogP contribution >= 0.6 is 0 Å². The van der Waals surface area contributed by atoms with Crippen molar-refractivity contribution in [2.75, 3.05) is 6.54 Å². The Kier molecular flexibility index (Phi) is 11.7. The summed E-state index contributed by atoms with van der Waals surface area (Å²) in [7, 11) is 0. The topological polar surface area (TPSA) is 121 Å². The first kappa shape index (κ1) is 36.9. The van der Waals surface area contributed by atoms with Gasteiger partial charge in [0.2, 0.25) is 0 Å². The highest BCUT2D eigenvalue weighted by atomic mass is 16.4. The summed E-state index contributed by atoms with van der Waals surface area (Å²) in [5.74, 6) is -0.638. The molecule has 0 heterocycles. The molecule has 0 saturated carbocycles. The van der Waals surface area contributed by atoms with Crippen molar-refractivity contribution < 1.29 is 30.3 Å². The molecular formula is C47H41NO6. The van der Waals surface area contributed by atoms with Gasteiger partial charge in [0.1, 0.15) is 40.9 Å². The van der Waals surface area contributed by atoms with E-state index in [0.29, 0.717) is 11.0 Å². The number of aromatic hydroxyl groups is 3. The molecule has 0 aliphatic heterocycles. The lowest BCUT2D eigenvalue weighted by molar-refractivity contribution is -0.268. The highest BCUT2D eigenvalue weighted by Gasteiger charge is 2.36. The number of carboxylic acids is 1. The van der Waals surface area contributed by atoms with Gasteiger partial charge in [0, 0.05) is 11.8 Å². The van der Waals surface area contributed by atoms with Crippen LogP contribution in [0.1, 0.15) is 40.5 Å². The Morgan fingerprint density at radius 3 is 1.00 bits per heavy atom. The highest BCUT2D eigenvalue weighted by molar-refractivity contribution is 5.74. The minimum atomic E-state index is -0.791. The Balaban J connectivity index is 0.000000189. The predicted octanol–water partition coefficient (Wildman–Crippen LogP) is 9.97. The van der Waals surface area contributed by atoms with E-state index in [0.717, 1.165) is 39.3 Å². The fraction of sp³-hybridized carbons (Fsp3) is 0.0851. The molecule has 7 nitrogen and oxygen atoms in total. The number of para-hydroxylation sites is 3. The molecule has 0 aliphatic rings. The standard InChI is InChI=1S/C26H22O4.C21H19NO2/c27-21-9-1-17(2-10-21)25(18-3-11-22(28)12-4-18)26(19-5-13-23(29)14-6-19)20-7-15-24(30)16-8-20;23-21(24)16-17-22(18-10-4-1-5-11-18,19-12-6-2-7-13-19)20-14-8-3-9-15-20/h1-16,25-30H;1-15H,16-17H2. The Morgan fingerprint density at radius 2 is 0.722 bits per heavy atom. The average molecular weight is 716 g/mol. The monoisotopic (exact) mass is 715 g/mol. The summed E-state index contributed by atoms with van der Waals surface area (Å²) in [6.45, 7) is 0.452. The van der Waals surface area contributed by atoms with Crippen molar-refractivity contribution in [3.05, 3.63) is 210 Å². The number of rotatable bonds is 11. The molecule has 0 spiro atoms. The van der Waals surface area contributed by atoms with Gasteiger partial charge in [-0.25, -0.2) is 4.48 Å². The Hall–Kier alpha value is -6.83. The summed E-state index contributed by atoms with van der Waals surface area (Å²) < 4.78 is 0.384. The van der Waals surface area contributed by atoms with Crippen LogP contribution in [-0.2, 0) is 4.79 Å². The third-order valence-corrected chi connectivity index (χ3v) is 9.58. The van der Waals surface area contributed by atoms with E-state index in [-0.39, 0.29) is 41.3 Å². The van der Waals surface area contributed by atoms with Gasteiger partial charge in [-0.1, -0.05) is 115 Å². The minimum absolute atomic E-state index is 0.0611. The Morgan fingerprint density at radius 1 is 0.444 bits per heavy atom. The van der Waals surface area contributed by atoms with Crippen molar-refractivity contribution in [3.8, 4) is 23.0 Å². The first-order valence-corrected chi connectivity index (χ1v) is 17.6. The fourth-order valence-electron chi connectivity index (χ4n) is 7.02. The molecule has 0 fully saturated rings. The molecule has 7 aromatic carbocycles. The van der Waals surface area contributed by atoms with Crippen molar-refractivity contribution in [1.29, 1.82) is 0 Å². The average Bonchev–Trinajstić information content (AvgIpc) is 3.20. The van der Waals surface area contributed by atoms with Crippen molar-refractivity contribution in [2.45, 2.75) is 18.3 Å². The lowest BCUT2D eigenvalue weighted by atomic mass is 9.73. The van der Waals surface area contributed by atoms with E-state index in [1.807, 2.05) is 103 Å². The van der Waals surface area contributed by atoms with Crippen LogP contribution in [0.25, 0.3) is 0 Å². The van der Waals surface area contributed by atoms with Crippen molar-refractivity contribution in [2.24, 2.45) is 0 Å². The van der Waals surface area contributed by atoms with E-state index in [2.05, 4.69) is 36.4 Å². The SMILES string of the molecule is O=C(O)CC[N+](c1ccccc1)(c1ccccc1)c1ccccc1.[O-]c1ccc(C(c2ccc(O)cc2)C(c2ccc(O)cc2)c2ccc(O)cc2)cc1. The Bertz CT molecular complexity index is 1930. The number of quaternary nitrogens is 1. The number of carboxylic acid groups (broad SMARTS) is 1. The molecule has 270 valence electrons. The largest absolute Gasteiger partial charge is 0.872 e. The fourth-order valence-corrected chi connectivity index (χ4v) is 7.02. The van der Waals surface area contributed by atoms with Gasteiger partial charge in [-0.3, -0.25) is 4.79 Å². The van der Waals surface area contributed by atoms with Crippen molar-refractivity contribution >= 4 is 23.0 Å². The van der Waals surface area contributed by atoms with Crippen LogP contribution in [0, 0.1) is 0 Å². The molecule has 1 unspecified atom stereocenters. The molecule has 7 rings (SSSR count). The first-order chi connectivity index (χ1) is 26.2. The van der Waals surface area contributed by atoms with Gasteiger partial charge in [-0.05, 0) is 95.1 Å². The molecule has 0 aliphatic carbocycles. The van der Waals surface area contributed by atoms with Crippen LogP contribution < -0.4 is 9.59 Å². The second kappa shape index (κ2) is 17.1. The van der Waals surface area contributed by atoms with Crippen LogP contribution in [0.15, 0.2) is 188 Å². The van der Waals surface area contributed by atoms with Gasteiger partial charge < -0.3 is 25.5 Å². The van der Waals surface area contributed by atoms with Crippen molar-refractivity contribution in [1.82, 2.24) is 4.48 Å². The van der Waals surface area contributed by atoms with Gasteiger partial charge in [-0.2, -0.15) is 0 Å².